The number of alkyl halides is 1. The molecule has 0 spiro atoms. The molecule has 25 heavy (non-hydrogen) atoms. The van der Waals surface area contributed by atoms with Crippen LogP contribution in [0.3, 0.4) is 0 Å². The van der Waals surface area contributed by atoms with Crippen LogP contribution in [0.5, 0.6) is 0 Å². The van der Waals surface area contributed by atoms with Crippen molar-refractivity contribution in [2.24, 2.45) is 5.73 Å². The van der Waals surface area contributed by atoms with Crippen molar-refractivity contribution < 1.29 is 19.1 Å². The molecule has 0 aromatic heterocycles. The summed E-state index contributed by atoms with van der Waals surface area (Å²) in [6.07, 6.45) is 0.174. The lowest BCUT2D eigenvalue weighted by Gasteiger charge is -2.25. The highest BCUT2D eigenvalue weighted by atomic mass is 79.9. The molecule has 0 unspecified atom stereocenters. The van der Waals surface area contributed by atoms with E-state index in [1.165, 1.54) is 4.90 Å². The van der Waals surface area contributed by atoms with Crippen LogP contribution in [-0.2, 0) is 26.2 Å². The Morgan fingerprint density at radius 3 is 2.60 bits per heavy atom. The second kappa shape index (κ2) is 7.56. The quantitative estimate of drug-likeness (QED) is 0.576. The Morgan fingerprint density at radius 2 is 2.04 bits per heavy atom. The van der Waals surface area contributed by atoms with Gasteiger partial charge >= 0.3 is 5.97 Å². The molecule has 0 saturated heterocycles. The topological polar surface area (TPSA) is 89.7 Å². The zero-order chi connectivity index (χ0) is 18.8. The SMILES string of the molecule is CC(C)(C)OC(=O)CC[C@@H](C(N)=O)N1Cc2cc(CBr)ccc2C1=O. The van der Waals surface area contributed by atoms with Crippen LogP contribution in [0.25, 0.3) is 0 Å². The van der Waals surface area contributed by atoms with E-state index in [2.05, 4.69) is 15.9 Å². The maximum absolute atomic E-state index is 12.6. The minimum absolute atomic E-state index is 0.0254. The monoisotopic (exact) mass is 410 g/mol. The Balaban J connectivity index is 2.10. The molecule has 0 saturated carbocycles. The van der Waals surface area contributed by atoms with Gasteiger partial charge in [0.1, 0.15) is 11.6 Å². The van der Waals surface area contributed by atoms with Gasteiger partial charge < -0.3 is 15.4 Å². The fraction of sp³-hybridized carbons (Fsp3) is 0.500. The van der Waals surface area contributed by atoms with Crippen molar-refractivity contribution in [3.05, 3.63) is 34.9 Å². The number of hydrogen-bond donors (Lipinski definition) is 1. The standard InChI is InChI=1S/C18H23BrN2O4/c1-18(2,3)25-15(22)7-6-14(16(20)23)21-10-12-8-11(9-19)4-5-13(12)17(21)24/h4-5,8,14H,6-7,9-10H2,1-3H3,(H2,20,23)/t14-/m0/s1. The molecule has 1 aromatic carbocycles. The number of amides is 2. The molecule has 0 fully saturated rings. The van der Waals surface area contributed by atoms with Gasteiger partial charge in [0.25, 0.3) is 5.91 Å². The molecule has 1 heterocycles. The summed E-state index contributed by atoms with van der Waals surface area (Å²) in [5, 5.41) is 0.687. The zero-order valence-corrected chi connectivity index (χ0v) is 16.3. The number of nitrogens with zero attached hydrogens (tertiary/aromatic N) is 1. The second-order valence-corrected chi connectivity index (χ2v) is 7.66. The van der Waals surface area contributed by atoms with Gasteiger partial charge in [0.15, 0.2) is 0 Å². The van der Waals surface area contributed by atoms with Crippen LogP contribution in [0.15, 0.2) is 18.2 Å². The predicted octanol–water partition coefficient (Wildman–Crippen LogP) is 2.51. The normalized spacial score (nSPS) is 15.0. The Labute approximate surface area is 155 Å². The van der Waals surface area contributed by atoms with Crippen molar-refractivity contribution >= 4 is 33.7 Å². The van der Waals surface area contributed by atoms with Gasteiger partial charge in [-0.25, -0.2) is 0 Å². The van der Waals surface area contributed by atoms with Crippen LogP contribution in [0.4, 0.5) is 0 Å². The number of hydrogen-bond acceptors (Lipinski definition) is 4. The summed E-state index contributed by atoms with van der Waals surface area (Å²) in [6, 6.07) is 4.74. The van der Waals surface area contributed by atoms with Crippen LogP contribution in [0, 0.1) is 0 Å². The van der Waals surface area contributed by atoms with Crippen LogP contribution in [-0.4, -0.2) is 34.3 Å². The molecule has 7 heteroatoms. The molecule has 1 atom stereocenters. The van der Waals surface area contributed by atoms with E-state index in [1.54, 1.807) is 26.8 Å². The first kappa shape index (κ1) is 19.4. The first-order valence-electron chi connectivity index (χ1n) is 8.12. The van der Waals surface area contributed by atoms with Gasteiger partial charge in [-0.15, -0.1) is 0 Å². The summed E-state index contributed by atoms with van der Waals surface area (Å²) in [5.41, 5.74) is 7.40. The summed E-state index contributed by atoms with van der Waals surface area (Å²) in [7, 11) is 0. The summed E-state index contributed by atoms with van der Waals surface area (Å²) >= 11 is 3.39. The number of carbonyl (C=O) groups is 3. The highest BCUT2D eigenvalue weighted by Gasteiger charge is 2.35. The van der Waals surface area contributed by atoms with Crippen molar-refractivity contribution in [2.45, 2.75) is 57.1 Å². The number of ether oxygens (including phenoxy) is 1. The number of halogens is 1. The molecule has 1 aliphatic heterocycles. The number of benzene rings is 1. The second-order valence-electron chi connectivity index (χ2n) is 7.10. The highest BCUT2D eigenvalue weighted by molar-refractivity contribution is 9.08. The lowest BCUT2D eigenvalue weighted by molar-refractivity contribution is -0.155. The third-order valence-corrected chi connectivity index (χ3v) is 4.55. The van der Waals surface area contributed by atoms with E-state index in [9.17, 15) is 14.4 Å². The maximum atomic E-state index is 12.6. The summed E-state index contributed by atoms with van der Waals surface area (Å²) < 4.78 is 5.25. The number of fused-ring (bicyclic) bond motifs is 1. The molecule has 1 aliphatic rings. The Hall–Kier alpha value is -1.89. The van der Waals surface area contributed by atoms with Crippen LogP contribution < -0.4 is 5.73 Å². The van der Waals surface area contributed by atoms with Gasteiger partial charge in [-0.3, -0.25) is 14.4 Å². The largest absolute Gasteiger partial charge is 0.460 e. The molecule has 0 bridgehead atoms. The molecule has 0 radical (unpaired) electrons. The first-order valence-corrected chi connectivity index (χ1v) is 9.24. The molecule has 6 nitrogen and oxygen atoms in total. The summed E-state index contributed by atoms with van der Waals surface area (Å²) in [5.74, 6) is -1.26. The Kier molecular flexibility index (Phi) is 5.87. The third-order valence-electron chi connectivity index (χ3n) is 3.90. The van der Waals surface area contributed by atoms with Gasteiger partial charge in [0, 0.05) is 23.9 Å². The Bertz CT molecular complexity index is 697. The van der Waals surface area contributed by atoms with Crippen molar-refractivity contribution in [2.75, 3.05) is 0 Å². The molecule has 1 aromatic rings. The van der Waals surface area contributed by atoms with Gasteiger partial charge in [-0.05, 0) is 44.4 Å². The number of esters is 1. The minimum Gasteiger partial charge on any atom is -0.460 e. The van der Waals surface area contributed by atoms with E-state index in [0.29, 0.717) is 17.4 Å². The van der Waals surface area contributed by atoms with Gasteiger partial charge in [0.2, 0.25) is 5.91 Å². The number of nitrogens with two attached hydrogens (primary N) is 1. The molecule has 2 N–H and O–H groups in total. The minimum atomic E-state index is -0.833. The van der Waals surface area contributed by atoms with Gasteiger partial charge in [-0.1, -0.05) is 28.1 Å². The fourth-order valence-corrected chi connectivity index (χ4v) is 3.18. The molecule has 0 aliphatic carbocycles. The van der Waals surface area contributed by atoms with E-state index in [-0.39, 0.29) is 18.7 Å². The van der Waals surface area contributed by atoms with Gasteiger partial charge in [-0.2, -0.15) is 0 Å². The average Bonchev–Trinajstić information content (AvgIpc) is 2.81. The molecule has 2 amide bonds. The summed E-state index contributed by atoms with van der Waals surface area (Å²) in [4.78, 5) is 37.8. The highest BCUT2D eigenvalue weighted by Crippen LogP contribution is 2.27. The third kappa shape index (κ3) is 4.81. The molecular weight excluding hydrogens is 388 g/mol. The average molecular weight is 411 g/mol. The molecular formula is C18H23BrN2O4. The Morgan fingerprint density at radius 1 is 1.36 bits per heavy atom. The van der Waals surface area contributed by atoms with Crippen LogP contribution in [0.1, 0.15) is 55.1 Å². The lowest BCUT2D eigenvalue weighted by Crippen LogP contribution is -2.45. The first-order chi connectivity index (χ1) is 11.6. The predicted molar refractivity (Wildman–Crippen MR) is 97.0 cm³/mol. The fourth-order valence-electron chi connectivity index (χ4n) is 2.83. The van der Waals surface area contributed by atoms with Crippen LogP contribution in [0.2, 0.25) is 0 Å². The number of primary amides is 1. The lowest BCUT2D eigenvalue weighted by atomic mass is 10.1. The maximum Gasteiger partial charge on any atom is 0.306 e. The van der Waals surface area contributed by atoms with E-state index < -0.39 is 23.5 Å². The number of rotatable bonds is 6. The van der Waals surface area contributed by atoms with E-state index in [4.69, 9.17) is 10.5 Å². The van der Waals surface area contributed by atoms with E-state index >= 15 is 0 Å². The molecule has 136 valence electrons. The van der Waals surface area contributed by atoms with Crippen molar-refractivity contribution in [3.8, 4) is 0 Å². The van der Waals surface area contributed by atoms with Gasteiger partial charge in [0.05, 0.1) is 0 Å². The smallest absolute Gasteiger partial charge is 0.306 e. The zero-order valence-electron chi connectivity index (χ0n) is 14.7. The van der Waals surface area contributed by atoms with Crippen molar-refractivity contribution in [1.29, 1.82) is 0 Å². The summed E-state index contributed by atoms with van der Waals surface area (Å²) in [6.45, 7) is 5.65. The van der Waals surface area contributed by atoms with Crippen molar-refractivity contribution in [1.82, 2.24) is 4.90 Å². The van der Waals surface area contributed by atoms with Crippen LogP contribution >= 0.6 is 15.9 Å². The van der Waals surface area contributed by atoms with E-state index in [1.807, 2.05) is 12.1 Å². The van der Waals surface area contributed by atoms with E-state index in [0.717, 1.165) is 11.1 Å². The van der Waals surface area contributed by atoms with Crippen molar-refractivity contribution in [3.63, 3.8) is 0 Å². The number of carbonyl (C=O) groups excluding carboxylic acids is 3. The molecule has 2 rings (SSSR count).